The van der Waals surface area contributed by atoms with E-state index in [2.05, 4.69) is 27.8 Å². The molecule has 0 amide bonds. The second-order valence-corrected chi connectivity index (χ2v) is 5.84. The molecule has 108 valence electrons. The van der Waals surface area contributed by atoms with Crippen LogP contribution in [0.4, 0.5) is 8.78 Å². The van der Waals surface area contributed by atoms with E-state index in [-0.39, 0.29) is 24.0 Å². The number of halogens is 4. The van der Waals surface area contributed by atoms with Crippen LogP contribution in [0.25, 0.3) is 0 Å². The van der Waals surface area contributed by atoms with E-state index < -0.39 is 11.6 Å². The maximum atomic E-state index is 13.9. The molecule has 1 heterocycles. The highest BCUT2D eigenvalue weighted by atomic mass is 79.9. The minimum atomic E-state index is -0.502. The van der Waals surface area contributed by atoms with Crippen molar-refractivity contribution in [3.63, 3.8) is 0 Å². The van der Waals surface area contributed by atoms with Gasteiger partial charge in [0.1, 0.15) is 11.6 Å². The van der Waals surface area contributed by atoms with Crippen LogP contribution in [0.15, 0.2) is 16.6 Å². The van der Waals surface area contributed by atoms with Gasteiger partial charge in [0.25, 0.3) is 0 Å². The van der Waals surface area contributed by atoms with Crippen molar-refractivity contribution in [2.45, 2.75) is 25.9 Å². The molecule has 2 atom stereocenters. The topological polar surface area (TPSA) is 29.3 Å². The summed E-state index contributed by atoms with van der Waals surface area (Å²) in [6.45, 7) is 3.95. The molecule has 0 aliphatic carbocycles. The summed E-state index contributed by atoms with van der Waals surface area (Å²) in [7, 11) is 0. The fourth-order valence-corrected chi connectivity index (χ4v) is 2.70. The highest BCUT2D eigenvalue weighted by Crippen LogP contribution is 2.24. The first-order chi connectivity index (χ1) is 8.49. The van der Waals surface area contributed by atoms with Gasteiger partial charge in [0.2, 0.25) is 0 Å². The largest absolute Gasteiger partial charge is 0.327 e. The van der Waals surface area contributed by atoms with Crippen molar-refractivity contribution in [1.82, 2.24) is 4.90 Å². The molecule has 0 radical (unpaired) electrons. The summed E-state index contributed by atoms with van der Waals surface area (Å²) in [4.78, 5) is 2.06. The van der Waals surface area contributed by atoms with Crippen LogP contribution >= 0.6 is 28.3 Å². The maximum Gasteiger partial charge on any atom is 0.144 e. The number of rotatable bonds is 2. The summed E-state index contributed by atoms with van der Waals surface area (Å²) >= 11 is 3.09. The van der Waals surface area contributed by atoms with Crippen molar-refractivity contribution >= 4 is 28.3 Å². The summed E-state index contributed by atoms with van der Waals surface area (Å²) in [6, 6.07) is 2.88. The lowest BCUT2D eigenvalue weighted by Crippen LogP contribution is -2.45. The Morgan fingerprint density at radius 1 is 1.42 bits per heavy atom. The van der Waals surface area contributed by atoms with Gasteiger partial charge in [-0.1, -0.05) is 6.92 Å². The zero-order valence-corrected chi connectivity index (χ0v) is 13.1. The van der Waals surface area contributed by atoms with E-state index in [1.807, 2.05) is 0 Å². The Kier molecular flexibility index (Phi) is 6.17. The first kappa shape index (κ1) is 16.8. The third-order valence-corrected chi connectivity index (χ3v) is 4.19. The average Bonchev–Trinajstić information content (AvgIpc) is 2.34. The van der Waals surface area contributed by atoms with Crippen molar-refractivity contribution in [2.24, 2.45) is 11.7 Å². The fourth-order valence-electron chi connectivity index (χ4n) is 2.33. The normalized spacial score (nSPS) is 24.1. The third kappa shape index (κ3) is 3.88. The van der Waals surface area contributed by atoms with Gasteiger partial charge in [-0.25, -0.2) is 8.78 Å². The Morgan fingerprint density at radius 2 is 2.11 bits per heavy atom. The Balaban J connectivity index is 0.00000180. The van der Waals surface area contributed by atoms with Crippen LogP contribution in [0.1, 0.15) is 18.9 Å². The number of piperidine rings is 1. The quantitative estimate of drug-likeness (QED) is 0.825. The van der Waals surface area contributed by atoms with Crippen LogP contribution in [0.3, 0.4) is 0 Å². The summed E-state index contributed by atoms with van der Waals surface area (Å²) in [5, 5.41) is 0. The standard InChI is InChI=1S/C13H17BrF2N2.ClH/c1-8-6-18(5-4-12(8)17)7-9-11(15)3-2-10(14)13(9)16;/h2-3,8,12H,4-7,17H2,1H3;1H. The van der Waals surface area contributed by atoms with Gasteiger partial charge < -0.3 is 5.73 Å². The summed E-state index contributed by atoms with van der Waals surface area (Å²) in [5.74, 6) is -0.632. The monoisotopic (exact) mass is 354 g/mol. The second kappa shape index (κ2) is 6.97. The van der Waals surface area contributed by atoms with E-state index in [0.717, 1.165) is 19.5 Å². The molecule has 2 nitrogen and oxygen atoms in total. The summed E-state index contributed by atoms with van der Waals surface area (Å²) in [5.41, 5.74) is 6.07. The molecular formula is C13H18BrClF2N2. The van der Waals surface area contributed by atoms with Crippen molar-refractivity contribution in [3.8, 4) is 0 Å². The van der Waals surface area contributed by atoms with Crippen LogP contribution < -0.4 is 5.73 Å². The van der Waals surface area contributed by atoms with Crippen LogP contribution in [0.5, 0.6) is 0 Å². The van der Waals surface area contributed by atoms with Gasteiger partial charge in [0.05, 0.1) is 4.47 Å². The molecule has 0 aromatic heterocycles. The summed E-state index contributed by atoms with van der Waals surface area (Å²) in [6.07, 6.45) is 0.873. The molecule has 2 rings (SSSR count). The average molecular weight is 356 g/mol. The van der Waals surface area contributed by atoms with Crippen LogP contribution in [-0.2, 0) is 6.54 Å². The molecule has 19 heavy (non-hydrogen) atoms. The molecule has 6 heteroatoms. The molecule has 0 bridgehead atoms. The molecule has 1 aliphatic heterocycles. The molecule has 0 saturated carbocycles. The van der Waals surface area contributed by atoms with Crippen LogP contribution in [0.2, 0.25) is 0 Å². The number of likely N-dealkylation sites (tertiary alicyclic amines) is 1. The first-order valence-corrected chi connectivity index (χ1v) is 6.88. The van der Waals surface area contributed by atoms with Gasteiger partial charge >= 0.3 is 0 Å². The van der Waals surface area contributed by atoms with Crippen molar-refractivity contribution in [2.75, 3.05) is 13.1 Å². The van der Waals surface area contributed by atoms with Gasteiger partial charge in [-0.15, -0.1) is 12.4 Å². The van der Waals surface area contributed by atoms with Gasteiger partial charge in [0.15, 0.2) is 0 Å². The molecule has 2 unspecified atom stereocenters. The maximum absolute atomic E-state index is 13.9. The van der Waals surface area contributed by atoms with E-state index in [9.17, 15) is 8.78 Å². The molecule has 1 saturated heterocycles. The number of nitrogens with two attached hydrogens (primary N) is 1. The number of hydrogen-bond donors (Lipinski definition) is 1. The van der Waals surface area contributed by atoms with E-state index in [4.69, 9.17) is 5.73 Å². The Bertz CT molecular complexity index is 445. The molecule has 1 aliphatic rings. The molecular weight excluding hydrogens is 338 g/mol. The smallest absolute Gasteiger partial charge is 0.144 e. The van der Waals surface area contributed by atoms with E-state index in [0.29, 0.717) is 16.9 Å². The number of hydrogen-bond acceptors (Lipinski definition) is 2. The van der Waals surface area contributed by atoms with Gasteiger partial charge in [-0.3, -0.25) is 4.90 Å². The fraction of sp³-hybridized carbons (Fsp3) is 0.538. The van der Waals surface area contributed by atoms with Crippen LogP contribution in [-0.4, -0.2) is 24.0 Å². The second-order valence-electron chi connectivity index (χ2n) is 4.99. The zero-order chi connectivity index (χ0) is 13.3. The Hall–Kier alpha value is -0.230. The molecule has 1 fully saturated rings. The summed E-state index contributed by atoms with van der Waals surface area (Å²) < 4.78 is 27.8. The molecule has 0 spiro atoms. The lowest BCUT2D eigenvalue weighted by molar-refractivity contribution is 0.154. The number of benzene rings is 1. The highest BCUT2D eigenvalue weighted by Gasteiger charge is 2.24. The molecule has 2 N–H and O–H groups in total. The van der Waals surface area contributed by atoms with E-state index in [1.54, 1.807) is 0 Å². The van der Waals surface area contributed by atoms with Crippen molar-refractivity contribution in [1.29, 1.82) is 0 Å². The Labute approximate surface area is 126 Å². The lowest BCUT2D eigenvalue weighted by Gasteiger charge is -2.35. The highest BCUT2D eigenvalue weighted by molar-refractivity contribution is 9.10. The van der Waals surface area contributed by atoms with Crippen LogP contribution in [0, 0.1) is 17.6 Å². The van der Waals surface area contributed by atoms with Gasteiger partial charge in [-0.2, -0.15) is 0 Å². The molecule has 1 aromatic rings. The SMILES string of the molecule is CC1CN(Cc2c(F)ccc(Br)c2F)CCC1N.Cl. The van der Waals surface area contributed by atoms with Crippen molar-refractivity contribution in [3.05, 3.63) is 33.8 Å². The first-order valence-electron chi connectivity index (χ1n) is 6.09. The zero-order valence-electron chi connectivity index (χ0n) is 10.7. The van der Waals surface area contributed by atoms with Gasteiger partial charge in [0, 0.05) is 24.7 Å². The van der Waals surface area contributed by atoms with E-state index >= 15 is 0 Å². The predicted octanol–water partition coefficient (Wildman–Crippen LogP) is 3.32. The number of nitrogens with zero attached hydrogens (tertiary/aromatic N) is 1. The minimum absolute atomic E-state index is 0. The molecule has 1 aromatic carbocycles. The predicted molar refractivity (Wildman–Crippen MR) is 78.3 cm³/mol. The third-order valence-electron chi connectivity index (χ3n) is 3.58. The lowest BCUT2D eigenvalue weighted by atomic mass is 9.94. The minimum Gasteiger partial charge on any atom is -0.327 e. The van der Waals surface area contributed by atoms with Crippen molar-refractivity contribution < 1.29 is 8.78 Å². The van der Waals surface area contributed by atoms with Gasteiger partial charge in [-0.05, 0) is 46.9 Å². The Morgan fingerprint density at radius 3 is 2.74 bits per heavy atom. The van der Waals surface area contributed by atoms with E-state index in [1.165, 1.54) is 12.1 Å².